The van der Waals surface area contributed by atoms with Crippen molar-refractivity contribution in [3.63, 3.8) is 0 Å². The summed E-state index contributed by atoms with van der Waals surface area (Å²) in [5.74, 6) is 0.881. The van der Waals surface area contributed by atoms with Gasteiger partial charge in [0.2, 0.25) is 5.91 Å². The predicted molar refractivity (Wildman–Crippen MR) is 120 cm³/mol. The van der Waals surface area contributed by atoms with E-state index in [4.69, 9.17) is 4.74 Å². The largest absolute Gasteiger partial charge is 0.493 e. The van der Waals surface area contributed by atoms with Crippen molar-refractivity contribution in [2.45, 2.75) is 32.2 Å². The molecule has 1 amide bonds. The van der Waals surface area contributed by atoms with Crippen molar-refractivity contribution in [1.82, 2.24) is 20.5 Å². The minimum atomic E-state index is -0.355. The van der Waals surface area contributed by atoms with Crippen molar-refractivity contribution in [3.05, 3.63) is 88.9 Å². The summed E-state index contributed by atoms with van der Waals surface area (Å²) in [5.41, 5.74) is 1.59. The van der Waals surface area contributed by atoms with Crippen LogP contribution >= 0.6 is 0 Å². The maximum atomic E-state index is 12.4. The van der Waals surface area contributed by atoms with E-state index in [1.54, 1.807) is 12.1 Å². The van der Waals surface area contributed by atoms with E-state index < -0.39 is 0 Å². The number of hydrogen-bond donors (Lipinski definition) is 2. The summed E-state index contributed by atoms with van der Waals surface area (Å²) in [6, 6.07) is 16.9. The van der Waals surface area contributed by atoms with E-state index in [0.717, 1.165) is 12.0 Å². The number of nitrogens with one attached hydrogen (secondary N) is 2. The second-order valence-corrected chi connectivity index (χ2v) is 7.10. The molecule has 0 radical (unpaired) electrons. The zero-order valence-corrected chi connectivity index (χ0v) is 17.5. The van der Waals surface area contributed by atoms with Crippen LogP contribution in [0, 0.1) is 0 Å². The number of nitrogens with zero attached hydrogens (tertiary/aromatic N) is 2. The van der Waals surface area contributed by atoms with Crippen molar-refractivity contribution in [1.29, 1.82) is 0 Å². The van der Waals surface area contributed by atoms with E-state index >= 15 is 0 Å². The minimum Gasteiger partial charge on any atom is -0.493 e. The van der Waals surface area contributed by atoms with Crippen molar-refractivity contribution in [2.24, 2.45) is 0 Å². The normalized spacial score (nSPS) is 11.5. The SMILES string of the molecule is C=CCCOc1cccc(-c2nnc(CCC(=O)N[C@H](C)c3ccccc3)c(=O)[nH]2)c1. The predicted octanol–water partition coefficient (Wildman–Crippen LogP) is 3.60. The van der Waals surface area contributed by atoms with Crippen LogP contribution in [0.4, 0.5) is 0 Å². The summed E-state index contributed by atoms with van der Waals surface area (Å²) in [6.07, 6.45) is 2.89. The van der Waals surface area contributed by atoms with E-state index in [9.17, 15) is 9.59 Å². The molecule has 1 aromatic heterocycles. The van der Waals surface area contributed by atoms with E-state index in [0.29, 0.717) is 23.7 Å². The number of ether oxygens (including phenoxy) is 1. The van der Waals surface area contributed by atoms with Crippen LogP contribution in [-0.4, -0.2) is 27.7 Å². The van der Waals surface area contributed by atoms with Gasteiger partial charge in [0, 0.05) is 18.4 Å². The Morgan fingerprint density at radius 2 is 2.00 bits per heavy atom. The molecule has 0 saturated carbocycles. The fourth-order valence-corrected chi connectivity index (χ4v) is 3.02. The molecule has 1 heterocycles. The van der Waals surface area contributed by atoms with Gasteiger partial charge < -0.3 is 15.0 Å². The zero-order valence-electron chi connectivity index (χ0n) is 17.5. The van der Waals surface area contributed by atoms with Crippen LogP contribution in [0.3, 0.4) is 0 Å². The summed E-state index contributed by atoms with van der Waals surface area (Å²) in [6.45, 7) is 6.11. The van der Waals surface area contributed by atoms with Crippen LogP contribution in [0.1, 0.15) is 37.1 Å². The molecule has 3 rings (SSSR count). The number of carbonyl (C=O) groups excluding carboxylic acids is 1. The Bertz CT molecular complexity index is 1080. The van der Waals surface area contributed by atoms with Gasteiger partial charge in [-0.25, -0.2) is 0 Å². The number of carbonyl (C=O) groups is 1. The maximum absolute atomic E-state index is 12.4. The minimum absolute atomic E-state index is 0.110. The molecule has 0 aliphatic rings. The van der Waals surface area contributed by atoms with Crippen molar-refractivity contribution < 1.29 is 9.53 Å². The lowest BCUT2D eigenvalue weighted by Gasteiger charge is -2.14. The molecule has 7 nitrogen and oxygen atoms in total. The number of amides is 1. The van der Waals surface area contributed by atoms with Crippen LogP contribution in [0.5, 0.6) is 5.75 Å². The Balaban J connectivity index is 1.59. The van der Waals surface area contributed by atoms with Gasteiger partial charge in [-0.05, 0) is 31.0 Å². The van der Waals surface area contributed by atoms with Crippen molar-refractivity contribution >= 4 is 5.91 Å². The number of aryl methyl sites for hydroxylation is 1. The molecule has 0 saturated heterocycles. The van der Waals surface area contributed by atoms with Gasteiger partial charge in [0.25, 0.3) is 5.56 Å². The second kappa shape index (κ2) is 10.9. The highest BCUT2D eigenvalue weighted by Gasteiger charge is 2.12. The van der Waals surface area contributed by atoms with E-state index in [2.05, 4.69) is 27.1 Å². The third kappa shape index (κ3) is 6.37. The fourth-order valence-electron chi connectivity index (χ4n) is 3.02. The standard InChI is InChI=1S/C24H26N4O3/c1-3-4-15-31-20-12-8-11-19(16-20)23-26-24(30)21(27-28-23)13-14-22(29)25-17(2)18-9-6-5-7-10-18/h3,5-12,16-17H,1,4,13-15H2,2H3,(H,25,29)(H,26,28,30)/t17-/m1/s1. The van der Waals surface area contributed by atoms with Gasteiger partial charge in [-0.15, -0.1) is 16.8 Å². The average molecular weight is 418 g/mol. The zero-order chi connectivity index (χ0) is 22.1. The highest BCUT2D eigenvalue weighted by molar-refractivity contribution is 5.76. The van der Waals surface area contributed by atoms with E-state index in [1.165, 1.54) is 0 Å². The molecule has 0 spiro atoms. The number of hydrogen-bond acceptors (Lipinski definition) is 5. The maximum Gasteiger partial charge on any atom is 0.273 e. The molecule has 31 heavy (non-hydrogen) atoms. The van der Waals surface area contributed by atoms with Gasteiger partial charge >= 0.3 is 0 Å². The third-order valence-corrected chi connectivity index (χ3v) is 4.73. The highest BCUT2D eigenvalue weighted by atomic mass is 16.5. The molecular formula is C24H26N4O3. The number of aromatic nitrogens is 3. The Labute approximate surface area is 181 Å². The lowest BCUT2D eigenvalue weighted by molar-refractivity contribution is -0.121. The molecule has 2 N–H and O–H groups in total. The van der Waals surface area contributed by atoms with Gasteiger partial charge in [0.15, 0.2) is 5.82 Å². The van der Waals surface area contributed by atoms with Gasteiger partial charge in [-0.3, -0.25) is 9.59 Å². The Morgan fingerprint density at radius 3 is 2.74 bits per heavy atom. The molecule has 7 heteroatoms. The molecule has 1 atom stereocenters. The number of rotatable bonds is 10. The van der Waals surface area contributed by atoms with Crippen LogP contribution in [0.2, 0.25) is 0 Å². The molecule has 0 bridgehead atoms. The van der Waals surface area contributed by atoms with Crippen LogP contribution in [0.15, 0.2) is 72.0 Å². The fraction of sp³-hybridized carbons (Fsp3) is 0.250. The van der Waals surface area contributed by atoms with Crippen LogP contribution < -0.4 is 15.6 Å². The first kappa shape index (κ1) is 22.0. The topological polar surface area (TPSA) is 97.0 Å². The third-order valence-electron chi connectivity index (χ3n) is 4.73. The lowest BCUT2D eigenvalue weighted by atomic mass is 10.1. The Kier molecular flexibility index (Phi) is 7.70. The monoisotopic (exact) mass is 418 g/mol. The molecule has 0 unspecified atom stereocenters. The summed E-state index contributed by atoms with van der Waals surface area (Å²) >= 11 is 0. The van der Waals surface area contributed by atoms with Crippen LogP contribution in [-0.2, 0) is 11.2 Å². The number of H-pyrrole nitrogens is 1. The summed E-state index contributed by atoms with van der Waals surface area (Å²) in [4.78, 5) is 27.4. The van der Waals surface area contributed by atoms with E-state index in [-0.39, 0.29) is 36.0 Å². The molecule has 0 aliphatic carbocycles. The molecule has 3 aromatic rings. The van der Waals surface area contributed by atoms with E-state index in [1.807, 2.05) is 55.5 Å². The summed E-state index contributed by atoms with van der Waals surface area (Å²) < 4.78 is 5.64. The molecule has 0 fully saturated rings. The Hall–Kier alpha value is -3.74. The smallest absolute Gasteiger partial charge is 0.273 e. The highest BCUT2D eigenvalue weighted by Crippen LogP contribution is 2.20. The lowest BCUT2D eigenvalue weighted by Crippen LogP contribution is -2.28. The van der Waals surface area contributed by atoms with Crippen molar-refractivity contribution in [3.8, 4) is 17.1 Å². The quantitative estimate of drug-likeness (QED) is 0.387. The number of aromatic amines is 1. The van der Waals surface area contributed by atoms with Gasteiger partial charge in [-0.1, -0.05) is 48.5 Å². The van der Waals surface area contributed by atoms with Gasteiger partial charge in [-0.2, -0.15) is 0 Å². The summed E-state index contributed by atoms with van der Waals surface area (Å²) in [7, 11) is 0. The molecular weight excluding hydrogens is 392 g/mol. The van der Waals surface area contributed by atoms with Crippen LogP contribution in [0.25, 0.3) is 11.4 Å². The number of benzene rings is 2. The van der Waals surface area contributed by atoms with Gasteiger partial charge in [0.05, 0.1) is 12.6 Å². The molecule has 160 valence electrons. The van der Waals surface area contributed by atoms with Gasteiger partial charge in [0.1, 0.15) is 11.4 Å². The first-order valence-corrected chi connectivity index (χ1v) is 10.2. The van der Waals surface area contributed by atoms with Crippen molar-refractivity contribution in [2.75, 3.05) is 6.61 Å². The Morgan fingerprint density at radius 1 is 1.19 bits per heavy atom. The molecule has 2 aromatic carbocycles. The molecule has 0 aliphatic heterocycles. The second-order valence-electron chi connectivity index (χ2n) is 7.10. The summed E-state index contributed by atoms with van der Waals surface area (Å²) in [5, 5.41) is 11.1. The average Bonchev–Trinajstić information content (AvgIpc) is 2.79. The first-order valence-electron chi connectivity index (χ1n) is 10.2. The first-order chi connectivity index (χ1) is 15.1.